The van der Waals surface area contributed by atoms with Crippen LogP contribution in [0.4, 0.5) is 17.1 Å². The molecular weight excluding hydrogens is 743 g/mol. The zero-order valence-electron chi connectivity index (χ0n) is 33.1. The average Bonchev–Trinajstić information content (AvgIpc) is 3.89. The number of pyridine rings is 1. The summed E-state index contributed by atoms with van der Waals surface area (Å²) < 4.78 is 8.62. The first-order valence-electron chi connectivity index (χ1n) is 20.7. The van der Waals surface area contributed by atoms with E-state index in [1.54, 1.807) is 6.20 Å². The van der Waals surface area contributed by atoms with Crippen LogP contribution in [0.1, 0.15) is 0 Å². The molecule has 0 fully saturated rings. The van der Waals surface area contributed by atoms with Crippen LogP contribution in [0.2, 0.25) is 0 Å². The molecule has 0 N–H and O–H groups in total. The summed E-state index contributed by atoms with van der Waals surface area (Å²) in [5, 5.41) is 6.96. The highest BCUT2D eigenvalue weighted by Crippen LogP contribution is 2.44. The van der Waals surface area contributed by atoms with E-state index in [1.807, 2.05) is 18.3 Å². The number of rotatable bonds is 7. The molecule has 12 rings (SSSR count). The van der Waals surface area contributed by atoms with E-state index in [9.17, 15) is 0 Å². The monoisotopic (exact) mass is 779 g/mol. The molecule has 0 atom stereocenters. The van der Waals surface area contributed by atoms with Gasteiger partial charge in [-0.25, -0.2) is 0 Å². The lowest BCUT2D eigenvalue weighted by Gasteiger charge is -2.28. The van der Waals surface area contributed by atoms with Crippen LogP contribution in [0.15, 0.2) is 229 Å². The molecule has 0 saturated heterocycles. The Morgan fingerprint density at radius 2 is 1.07 bits per heavy atom. The molecule has 3 heterocycles. The van der Waals surface area contributed by atoms with Gasteiger partial charge in [-0.1, -0.05) is 146 Å². The molecule has 0 bridgehead atoms. The number of para-hydroxylation sites is 2. The van der Waals surface area contributed by atoms with Crippen molar-refractivity contribution in [3.8, 4) is 39.1 Å². The third kappa shape index (κ3) is 5.80. The van der Waals surface area contributed by atoms with Crippen LogP contribution in [-0.4, -0.2) is 9.55 Å². The summed E-state index contributed by atoms with van der Waals surface area (Å²) in [6, 6.07) is 76.3. The number of aromatic nitrogens is 2. The summed E-state index contributed by atoms with van der Waals surface area (Å²) in [5.41, 5.74) is 15.4. The van der Waals surface area contributed by atoms with Crippen LogP contribution in [-0.2, 0) is 0 Å². The summed E-state index contributed by atoms with van der Waals surface area (Å²) in [4.78, 5) is 6.82. The quantitative estimate of drug-likeness (QED) is 0.162. The maximum Gasteiger partial charge on any atom is 0.138 e. The van der Waals surface area contributed by atoms with Crippen molar-refractivity contribution in [2.75, 3.05) is 4.90 Å². The normalized spacial score (nSPS) is 11.6. The maximum absolute atomic E-state index is 6.23. The fraction of sp³-hybridized carbons (Fsp3) is 0. The van der Waals surface area contributed by atoms with Gasteiger partial charge in [0.1, 0.15) is 11.2 Å². The molecule has 0 unspecified atom stereocenters. The van der Waals surface area contributed by atoms with Crippen molar-refractivity contribution in [1.82, 2.24) is 9.55 Å². The van der Waals surface area contributed by atoms with E-state index < -0.39 is 0 Å². The van der Waals surface area contributed by atoms with Crippen molar-refractivity contribution < 1.29 is 4.42 Å². The minimum atomic E-state index is 0.840. The van der Waals surface area contributed by atoms with E-state index in [4.69, 9.17) is 4.42 Å². The van der Waals surface area contributed by atoms with Crippen molar-refractivity contribution in [2.45, 2.75) is 0 Å². The maximum atomic E-state index is 6.23. The Balaban J connectivity index is 1.01. The van der Waals surface area contributed by atoms with Gasteiger partial charge in [-0.15, -0.1) is 0 Å². The predicted octanol–water partition coefficient (Wildman–Crippen LogP) is 15.7. The number of anilines is 3. The Hall–Kier alpha value is -8.21. The summed E-state index contributed by atoms with van der Waals surface area (Å²) in [6.07, 6.45) is 3.68. The van der Waals surface area contributed by atoms with Gasteiger partial charge in [-0.3, -0.25) is 4.98 Å². The largest absolute Gasteiger partial charge is 0.456 e. The number of hydrogen-bond donors (Lipinski definition) is 0. The Kier molecular flexibility index (Phi) is 8.13. The third-order valence-corrected chi connectivity index (χ3v) is 12.1. The van der Waals surface area contributed by atoms with Crippen LogP contribution in [0.5, 0.6) is 0 Å². The van der Waals surface area contributed by atoms with Crippen LogP contribution in [0, 0.1) is 0 Å². The van der Waals surface area contributed by atoms with Crippen molar-refractivity contribution in [3.63, 3.8) is 0 Å². The zero-order valence-corrected chi connectivity index (χ0v) is 33.1. The molecule has 0 aliphatic rings. The van der Waals surface area contributed by atoms with Crippen LogP contribution >= 0.6 is 0 Å². The predicted molar refractivity (Wildman–Crippen MR) is 254 cm³/mol. The van der Waals surface area contributed by atoms with Crippen molar-refractivity contribution in [1.29, 1.82) is 0 Å². The molecule has 9 aromatic carbocycles. The van der Waals surface area contributed by atoms with Gasteiger partial charge in [-0.2, -0.15) is 0 Å². The summed E-state index contributed by atoms with van der Waals surface area (Å²) in [5.74, 6) is 0. The number of fused-ring (bicyclic) bond motifs is 7. The van der Waals surface area contributed by atoms with E-state index >= 15 is 0 Å². The minimum Gasteiger partial charge on any atom is -0.456 e. The number of benzene rings is 9. The molecule has 3 aromatic heterocycles. The van der Waals surface area contributed by atoms with Crippen molar-refractivity contribution in [2.24, 2.45) is 0 Å². The van der Waals surface area contributed by atoms with Gasteiger partial charge in [0, 0.05) is 56.4 Å². The van der Waals surface area contributed by atoms with Gasteiger partial charge in [-0.05, 0) is 105 Å². The number of nitrogens with zero attached hydrogens (tertiary/aromatic N) is 3. The van der Waals surface area contributed by atoms with Gasteiger partial charge in [0.15, 0.2) is 0 Å². The molecule has 0 saturated carbocycles. The molecule has 0 radical (unpaired) electrons. The summed E-state index contributed by atoms with van der Waals surface area (Å²) in [7, 11) is 0. The lowest BCUT2D eigenvalue weighted by Crippen LogP contribution is -2.10. The third-order valence-electron chi connectivity index (χ3n) is 12.1. The van der Waals surface area contributed by atoms with Gasteiger partial charge in [0.25, 0.3) is 0 Å². The molecule has 4 nitrogen and oxygen atoms in total. The minimum absolute atomic E-state index is 0.840. The van der Waals surface area contributed by atoms with Gasteiger partial charge < -0.3 is 13.9 Å². The van der Waals surface area contributed by atoms with E-state index in [-0.39, 0.29) is 0 Å². The van der Waals surface area contributed by atoms with E-state index in [1.165, 1.54) is 49.3 Å². The van der Waals surface area contributed by atoms with Gasteiger partial charge >= 0.3 is 0 Å². The van der Waals surface area contributed by atoms with Gasteiger partial charge in [0.2, 0.25) is 0 Å². The lowest BCUT2D eigenvalue weighted by molar-refractivity contribution is 0.668. The fourth-order valence-electron chi connectivity index (χ4n) is 9.33. The molecule has 61 heavy (non-hydrogen) atoms. The molecule has 286 valence electrons. The first-order valence-corrected chi connectivity index (χ1v) is 20.7. The topological polar surface area (TPSA) is 34.2 Å². The second kappa shape index (κ2) is 14.3. The van der Waals surface area contributed by atoms with E-state index in [0.29, 0.717) is 0 Å². The van der Waals surface area contributed by atoms with Crippen molar-refractivity contribution >= 4 is 71.6 Å². The zero-order chi connectivity index (χ0) is 40.3. The molecule has 0 aliphatic carbocycles. The van der Waals surface area contributed by atoms with Crippen LogP contribution in [0.25, 0.3) is 93.6 Å². The smallest absolute Gasteiger partial charge is 0.138 e. The Morgan fingerprint density at radius 3 is 1.87 bits per heavy atom. The van der Waals surface area contributed by atoms with E-state index in [2.05, 4.69) is 215 Å². The molecule has 0 spiro atoms. The second-order valence-electron chi connectivity index (χ2n) is 15.5. The molecule has 4 heteroatoms. The van der Waals surface area contributed by atoms with Crippen molar-refractivity contribution in [3.05, 3.63) is 225 Å². The first kappa shape index (κ1) is 34.8. The Labute approximate surface area is 352 Å². The highest BCUT2D eigenvalue weighted by atomic mass is 16.3. The lowest BCUT2D eigenvalue weighted by atomic mass is 9.95. The molecular formula is C57H37N3O. The summed E-state index contributed by atoms with van der Waals surface area (Å²) >= 11 is 0. The molecule has 0 amide bonds. The van der Waals surface area contributed by atoms with Gasteiger partial charge in [0.05, 0.1) is 16.7 Å². The number of furan rings is 1. The Morgan fingerprint density at radius 1 is 0.393 bits per heavy atom. The van der Waals surface area contributed by atoms with E-state index in [0.717, 1.165) is 61.4 Å². The average molecular weight is 780 g/mol. The van der Waals surface area contributed by atoms with Crippen LogP contribution in [0.3, 0.4) is 0 Å². The first-order chi connectivity index (χ1) is 30.3. The number of hydrogen-bond acceptors (Lipinski definition) is 3. The standard InChI is InChI=1S/C57H37N3O/c1-2-13-38(14-3-1)40-15-10-17-43(35-40)59(42-29-27-39(28-30-42)46-23-12-26-56-57(46)51-37-58-34-33-55(51)61-56)54-32-31-45(47-19-4-5-20-48(47)54)41-16-11-18-44(36-41)60-52-24-8-6-21-49(52)50-22-7-9-25-53(50)60/h1-37H. The molecule has 12 aromatic rings. The summed E-state index contributed by atoms with van der Waals surface area (Å²) in [6.45, 7) is 0. The second-order valence-corrected chi connectivity index (χ2v) is 15.5. The SMILES string of the molecule is c1ccc(-c2cccc(N(c3ccc(-c4cccc5oc6ccncc6c45)cc3)c3ccc(-c4cccc(-n5c6ccccc6c6ccccc65)c4)c4ccccc34)c2)cc1. The van der Waals surface area contributed by atoms with Crippen LogP contribution < -0.4 is 4.90 Å². The highest BCUT2D eigenvalue weighted by Gasteiger charge is 2.20. The fourth-order valence-corrected chi connectivity index (χ4v) is 9.33. The highest BCUT2D eigenvalue weighted by molar-refractivity contribution is 6.13. The molecule has 0 aliphatic heterocycles. The Bertz CT molecular complexity index is 3550.